The van der Waals surface area contributed by atoms with Crippen LogP contribution in [0.25, 0.3) is 43.9 Å². The molecule has 2 aliphatic heterocycles. The van der Waals surface area contributed by atoms with Crippen LogP contribution in [-0.2, 0) is 16.1 Å². The highest BCUT2D eigenvalue weighted by Gasteiger charge is 2.35. The monoisotopic (exact) mass is 737 g/mol. The van der Waals surface area contributed by atoms with Crippen LogP contribution in [0.1, 0.15) is 37.2 Å². The molecule has 5 heterocycles. The fourth-order valence-corrected chi connectivity index (χ4v) is 8.00. The maximum atomic E-state index is 16.2. The van der Waals surface area contributed by atoms with Crippen molar-refractivity contribution in [3.8, 4) is 39.5 Å². The molecule has 0 unspecified atom stereocenters. The zero-order valence-corrected chi connectivity index (χ0v) is 29.5. The molecule has 2 aliphatic rings. The van der Waals surface area contributed by atoms with Crippen molar-refractivity contribution >= 4 is 27.3 Å². The molecule has 272 valence electrons. The molecule has 1 saturated heterocycles. The number of hydrogen-bond donors (Lipinski definition) is 0. The molecule has 7 rings (SSSR count). The van der Waals surface area contributed by atoms with E-state index < -0.39 is 35.8 Å². The molecule has 5 aromatic rings. The highest BCUT2D eigenvalue weighted by Crippen LogP contribution is 2.48. The van der Waals surface area contributed by atoms with Crippen LogP contribution in [0.4, 0.5) is 22.0 Å². The summed E-state index contributed by atoms with van der Waals surface area (Å²) in [7, 11) is 1.46. The van der Waals surface area contributed by atoms with Gasteiger partial charge in [0, 0.05) is 67.3 Å². The maximum Gasteiger partial charge on any atom is 0.246 e. The van der Waals surface area contributed by atoms with Gasteiger partial charge in [0.1, 0.15) is 53.5 Å². The molecule has 3 aromatic heterocycles. The topological polar surface area (TPSA) is 72.7 Å². The lowest BCUT2D eigenvalue weighted by Crippen LogP contribution is -2.42. The number of hydrogen-bond acceptors (Lipinski definition) is 7. The molecule has 1 amide bonds. The minimum atomic E-state index is -1.52. The number of halogens is 5. The van der Waals surface area contributed by atoms with E-state index in [1.807, 2.05) is 26.0 Å². The van der Waals surface area contributed by atoms with Gasteiger partial charge in [0.2, 0.25) is 5.91 Å². The summed E-state index contributed by atoms with van der Waals surface area (Å²) in [5.41, 5.74) is 2.75. The van der Waals surface area contributed by atoms with Crippen molar-refractivity contribution in [3.63, 3.8) is 0 Å². The lowest BCUT2D eigenvalue weighted by atomic mass is 9.94. The van der Waals surface area contributed by atoms with Gasteiger partial charge in [-0.15, -0.1) is 11.3 Å². The smallest absolute Gasteiger partial charge is 0.246 e. The Morgan fingerprint density at radius 1 is 0.981 bits per heavy atom. The standard InChI is InChI=1S/C38H36F5N5O3S/c1-5-32(49)47-15-20(2)48-30(21(47)3)14-29(45-48)37-35(33-25(40)12-24(39)13-31(33)51-11-10-50-4)34-28(43)19-52-38(34)36(44-37)23-8-6-22(7-9-23)16-46-17-26(41)27(42)18-46/h5-9,12-14,19-21,26-27H,1,10-11,15-18H2,2-4H3/t20-,21+,26-,27+/m0/s1. The number of fused-ring (bicyclic) bond motifs is 2. The number of amides is 1. The largest absolute Gasteiger partial charge is 0.490 e. The normalized spacial score (nSPS) is 20.4. The fourth-order valence-electron chi connectivity index (χ4n) is 7.07. The first kappa shape index (κ1) is 35.7. The highest BCUT2D eigenvalue weighted by atomic mass is 32.1. The fraction of sp³-hybridized carbons (Fsp3) is 0.342. The number of ether oxygens (including phenoxy) is 2. The first-order valence-corrected chi connectivity index (χ1v) is 17.7. The Labute approximate surface area is 301 Å². The summed E-state index contributed by atoms with van der Waals surface area (Å²) in [4.78, 5) is 21.2. The Kier molecular flexibility index (Phi) is 9.89. The van der Waals surface area contributed by atoms with E-state index in [9.17, 15) is 18.0 Å². The second-order valence-corrected chi connectivity index (χ2v) is 14.0. The van der Waals surface area contributed by atoms with Crippen LogP contribution in [0.2, 0.25) is 0 Å². The summed E-state index contributed by atoms with van der Waals surface area (Å²) >= 11 is 1.08. The Balaban J connectivity index is 1.43. The predicted octanol–water partition coefficient (Wildman–Crippen LogP) is 8.08. The number of alkyl halides is 2. The molecule has 52 heavy (non-hydrogen) atoms. The molecule has 0 bridgehead atoms. The van der Waals surface area contributed by atoms with Crippen LogP contribution in [-0.4, -0.2) is 82.8 Å². The van der Waals surface area contributed by atoms with E-state index in [2.05, 4.69) is 6.58 Å². The summed E-state index contributed by atoms with van der Waals surface area (Å²) in [6, 6.07) is 10.1. The average Bonchev–Trinajstić information content (AvgIpc) is 3.83. The number of pyridine rings is 1. The van der Waals surface area contributed by atoms with Gasteiger partial charge in [-0.25, -0.2) is 26.9 Å². The second-order valence-electron chi connectivity index (χ2n) is 13.1. The van der Waals surface area contributed by atoms with Crippen molar-refractivity contribution in [2.45, 2.75) is 44.8 Å². The van der Waals surface area contributed by atoms with E-state index >= 15 is 8.78 Å². The third kappa shape index (κ3) is 6.47. The summed E-state index contributed by atoms with van der Waals surface area (Å²) in [6.45, 7) is 8.21. The average molecular weight is 738 g/mol. The van der Waals surface area contributed by atoms with Crippen LogP contribution in [0.15, 0.2) is 60.5 Å². The van der Waals surface area contributed by atoms with E-state index in [0.29, 0.717) is 40.8 Å². The van der Waals surface area contributed by atoms with Gasteiger partial charge in [-0.3, -0.25) is 14.4 Å². The van der Waals surface area contributed by atoms with Crippen molar-refractivity contribution in [2.75, 3.05) is 40.0 Å². The van der Waals surface area contributed by atoms with Crippen molar-refractivity contribution < 1.29 is 36.2 Å². The minimum Gasteiger partial charge on any atom is -0.490 e. The number of thiophene rings is 1. The third-order valence-corrected chi connectivity index (χ3v) is 10.6. The van der Waals surface area contributed by atoms with Crippen molar-refractivity contribution in [3.05, 3.63) is 89.2 Å². The van der Waals surface area contributed by atoms with Gasteiger partial charge in [-0.1, -0.05) is 30.8 Å². The third-order valence-electron chi connectivity index (χ3n) is 9.62. The van der Waals surface area contributed by atoms with Gasteiger partial charge in [0.15, 0.2) is 0 Å². The molecule has 1 fully saturated rings. The van der Waals surface area contributed by atoms with Crippen LogP contribution in [0.3, 0.4) is 0 Å². The predicted molar refractivity (Wildman–Crippen MR) is 189 cm³/mol. The van der Waals surface area contributed by atoms with Crippen molar-refractivity contribution in [1.82, 2.24) is 24.6 Å². The maximum absolute atomic E-state index is 16.2. The summed E-state index contributed by atoms with van der Waals surface area (Å²) in [5, 5.41) is 6.25. The molecule has 8 nitrogen and oxygen atoms in total. The number of likely N-dealkylation sites (tertiary alicyclic amines) is 1. The van der Waals surface area contributed by atoms with E-state index in [1.54, 1.807) is 32.7 Å². The Bertz CT molecular complexity index is 2150. The summed E-state index contributed by atoms with van der Waals surface area (Å²) < 4.78 is 87.8. The quantitative estimate of drug-likeness (QED) is 0.0821. The first-order valence-electron chi connectivity index (χ1n) is 16.8. The Hall–Kier alpha value is -4.66. The van der Waals surface area contributed by atoms with Crippen LogP contribution >= 0.6 is 11.3 Å². The van der Waals surface area contributed by atoms with E-state index in [1.165, 1.54) is 18.6 Å². The molecular formula is C38H36F5N5O3S. The zero-order valence-electron chi connectivity index (χ0n) is 28.7. The summed E-state index contributed by atoms with van der Waals surface area (Å²) in [5.74, 6) is -2.92. The van der Waals surface area contributed by atoms with Crippen LogP contribution < -0.4 is 4.74 Å². The van der Waals surface area contributed by atoms with Gasteiger partial charge in [0.05, 0.1) is 40.3 Å². The van der Waals surface area contributed by atoms with Crippen LogP contribution in [0, 0.1) is 17.5 Å². The number of carbonyl (C=O) groups is 1. The molecular weight excluding hydrogens is 702 g/mol. The number of rotatable bonds is 10. The molecule has 0 N–H and O–H groups in total. The van der Waals surface area contributed by atoms with E-state index in [-0.39, 0.29) is 71.9 Å². The molecule has 0 saturated carbocycles. The van der Waals surface area contributed by atoms with E-state index in [0.717, 1.165) is 23.0 Å². The Morgan fingerprint density at radius 3 is 2.40 bits per heavy atom. The number of nitrogens with zero attached hydrogens (tertiary/aromatic N) is 5. The van der Waals surface area contributed by atoms with E-state index in [4.69, 9.17) is 19.6 Å². The van der Waals surface area contributed by atoms with Crippen molar-refractivity contribution in [2.24, 2.45) is 0 Å². The van der Waals surface area contributed by atoms with Gasteiger partial charge in [-0.05, 0) is 31.6 Å². The SMILES string of the molecule is C=CC(=O)N1C[C@H](C)n2nc(-c3nc(-c4ccc(CN5C[C@@H](F)[C@@H](F)C5)cc4)c4scc(F)c4c3-c3c(F)cc(F)cc3OCCOC)cc2[C@H]1C. The number of benzene rings is 2. The van der Waals surface area contributed by atoms with Crippen molar-refractivity contribution in [1.29, 1.82) is 0 Å². The highest BCUT2D eigenvalue weighted by molar-refractivity contribution is 7.17. The zero-order chi connectivity index (χ0) is 36.8. The molecule has 4 atom stereocenters. The Morgan fingerprint density at radius 2 is 1.71 bits per heavy atom. The summed E-state index contributed by atoms with van der Waals surface area (Å²) in [6.07, 6.45) is -1.79. The second kappa shape index (κ2) is 14.4. The molecule has 0 radical (unpaired) electrons. The molecule has 0 aliphatic carbocycles. The molecule has 2 aromatic carbocycles. The van der Waals surface area contributed by atoms with Gasteiger partial charge in [0.25, 0.3) is 0 Å². The number of aromatic nitrogens is 3. The molecule has 14 heteroatoms. The van der Waals surface area contributed by atoms with Gasteiger partial charge in [-0.2, -0.15) is 5.10 Å². The number of carbonyl (C=O) groups excluding carboxylic acids is 1. The van der Waals surface area contributed by atoms with Gasteiger partial charge < -0.3 is 14.4 Å². The lowest BCUT2D eigenvalue weighted by molar-refractivity contribution is -0.129. The van der Waals surface area contributed by atoms with Gasteiger partial charge >= 0.3 is 0 Å². The first-order chi connectivity index (χ1) is 25.0. The lowest BCUT2D eigenvalue weighted by Gasteiger charge is -2.36. The minimum absolute atomic E-state index is 0.00683. The molecule has 0 spiro atoms. The number of methoxy groups -OCH3 is 1. The van der Waals surface area contributed by atoms with Crippen LogP contribution in [0.5, 0.6) is 5.75 Å².